The molecular weight excluding hydrogens is 405 g/mol. The van der Waals surface area contributed by atoms with Gasteiger partial charge in [0.15, 0.2) is 0 Å². The minimum atomic E-state index is -4.44. The summed E-state index contributed by atoms with van der Waals surface area (Å²) in [5.41, 5.74) is 1.14. The monoisotopic (exact) mass is 426 g/mol. The fourth-order valence-electron chi connectivity index (χ4n) is 3.57. The molecule has 0 saturated heterocycles. The molecule has 156 valence electrons. The number of alkyl halides is 3. The van der Waals surface area contributed by atoms with Crippen molar-refractivity contribution in [1.29, 1.82) is 0 Å². The van der Waals surface area contributed by atoms with Crippen LogP contribution in [0.3, 0.4) is 0 Å². The second kappa shape index (κ2) is 7.46. The molecule has 1 amide bonds. The van der Waals surface area contributed by atoms with E-state index in [1.54, 1.807) is 17.0 Å². The highest BCUT2D eigenvalue weighted by molar-refractivity contribution is 7.89. The molecule has 1 aliphatic heterocycles. The molecule has 0 radical (unpaired) electrons. The minimum Gasteiger partial charge on any atom is -0.309 e. The third-order valence-electron chi connectivity index (χ3n) is 5.00. The van der Waals surface area contributed by atoms with E-state index in [1.807, 2.05) is 6.92 Å². The van der Waals surface area contributed by atoms with E-state index in [0.29, 0.717) is 17.7 Å². The predicted molar refractivity (Wildman–Crippen MR) is 103 cm³/mol. The molecule has 1 unspecified atom stereocenters. The zero-order valence-corrected chi connectivity index (χ0v) is 17.0. The number of rotatable bonds is 4. The van der Waals surface area contributed by atoms with E-state index >= 15 is 0 Å². The average Bonchev–Trinajstić information content (AvgIpc) is 2.96. The van der Waals surface area contributed by atoms with Gasteiger partial charge in [0.25, 0.3) is 0 Å². The maximum Gasteiger partial charge on any atom is 0.416 e. The number of anilines is 1. The topological polar surface area (TPSA) is 57.7 Å². The quantitative estimate of drug-likeness (QED) is 0.747. The molecule has 1 aliphatic rings. The number of sulfonamides is 1. The van der Waals surface area contributed by atoms with Crippen molar-refractivity contribution in [3.05, 3.63) is 59.2 Å². The highest BCUT2D eigenvalue weighted by atomic mass is 32.2. The van der Waals surface area contributed by atoms with Gasteiger partial charge in [-0.2, -0.15) is 17.5 Å². The van der Waals surface area contributed by atoms with Crippen LogP contribution in [-0.2, 0) is 34.0 Å². The van der Waals surface area contributed by atoms with Crippen LogP contribution in [0.5, 0.6) is 0 Å². The highest BCUT2D eigenvalue weighted by Crippen LogP contribution is 2.34. The van der Waals surface area contributed by atoms with Crippen LogP contribution in [0, 0.1) is 0 Å². The number of carbonyl (C=O) groups excluding carboxylic acids is 1. The van der Waals surface area contributed by atoms with Crippen molar-refractivity contribution in [3.63, 3.8) is 0 Å². The van der Waals surface area contributed by atoms with Gasteiger partial charge in [0.1, 0.15) is 0 Å². The molecule has 0 aromatic heterocycles. The van der Waals surface area contributed by atoms with Gasteiger partial charge >= 0.3 is 6.18 Å². The molecule has 0 saturated carbocycles. The van der Waals surface area contributed by atoms with Crippen molar-refractivity contribution in [1.82, 2.24) is 4.31 Å². The Balaban J connectivity index is 1.82. The average molecular weight is 426 g/mol. The van der Waals surface area contributed by atoms with E-state index in [0.717, 1.165) is 22.0 Å². The zero-order valence-electron chi connectivity index (χ0n) is 16.2. The Bertz CT molecular complexity index is 1030. The van der Waals surface area contributed by atoms with E-state index in [4.69, 9.17) is 0 Å². The number of hydrogen-bond donors (Lipinski definition) is 0. The van der Waals surface area contributed by atoms with Crippen molar-refractivity contribution in [2.45, 2.75) is 43.9 Å². The second-order valence-corrected chi connectivity index (χ2v) is 9.23. The summed E-state index contributed by atoms with van der Waals surface area (Å²) in [5, 5.41) is 0. The molecule has 5 nitrogen and oxygen atoms in total. The Morgan fingerprint density at radius 1 is 1.17 bits per heavy atom. The summed E-state index contributed by atoms with van der Waals surface area (Å²) < 4.78 is 65.0. The molecular formula is C20H21F3N2O3S. The zero-order chi connectivity index (χ0) is 21.6. The van der Waals surface area contributed by atoms with Crippen molar-refractivity contribution in [3.8, 4) is 0 Å². The van der Waals surface area contributed by atoms with Crippen LogP contribution >= 0.6 is 0 Å². The van der Waals surface area contributed by atoms with Crippen molar-refractivity contribution < 1.29 is 26.4 Å². The Morgan fingerprint density at radius 2 is 1.79 bits per heavy atom. The molecule has 0 bridgehead atoms. The van der Waals surface area contributed by atoms with Gasteiger partial charge in [0.2, 0.25) is 15.9 Å². The largest absolute Gasteiger partial charge is 0.416 e. The number of amides is 1. The van der Waals surface area contributed by atoms with E-state index in [-0.39, 0.29) is 23.4 Å². The molecule has 2 aromatic rings. The van der Waals surface area contributed by atoms with E-state index < -0.39 is 21.8 Å². The SMILES string of the molecule is CC(=O)N1c2ccc(S(=O)(=O)N(C)Cc3ccc(C(F)(F)F)cc3)cc2CC1C. The maximum atomic E-state index is 12.9. The van der Waals surface area contributed by atoms with Crippen LogP contribution in [0.1, 0.15) is 30.5 Å². The molecule has 3 rings (SSSR count). The first-order valence-electron chi connectivity index (χ1n) is 8.96. The number of hydrogen-bond acceptors (Lipinski definition) is 3. The summed E-state index contributed by atoms with van der Waals surface area (Å²) in [6, 6.07) is 8.99. The van der Waals surface area contributed by atoms with E-state index in [2.05, 4.69) is 0 Å². The van der Waals surface area contributed by atoms with Crippen molar-refractivity contribution >= 4 is 21.6 Å². The van der Waals surface area contributed by atoms with Crippen LogP contribution < -0.4 is 4.90 Å². The van der Waals surface area contributed by atoms with Gasteiger partial charge in [-0.25, -0.2) is 8.42 Å². The molecule has 2 aromatic carbocycles. The summed E-state index contributed by atoms with van der Waals surface area (Å²) in [7, 11) is -2.47. The van der Waals surface area contributed by atoms with E-state index in [1.165, 1.54) is 32.2 Å². The van der Waals surface area contributed by atoms with E-state index in [9.17, 15) is 26.4 Å². The van der Waals surface area contributed by atoms with Gasteiger partial charge < -0.3 is 4.90 Å². The first-order chi connectivity index (χ1) is 13.4. The number of carbonyl (C=O) groups is 1. The first kappa shape index (κ1) is 21.3. The first-order valence-corrected chi connectivity index (χ1v) is 10.4. The molecule has 0 spiro atoms. The standard InChI is InChI=1S/C20H21F3N2O3S/c1-13-10-16-11-18(8-9-19(16)25(13)14(2)26)29(27,28)24(3)12-15-4-6-17(7-5-15)20(21,22)23/h4-9,11,13H,10,12H2,1-3H3. The summed E-state index contributed by atoms with van der Waals surface area (Å²) in [5.74, 6) is -0.105. The molecule has 1 atom stereocenters. The van der Waals surface area contributed by atoms with Gasteiger partial charge in [-0.05, 0) is 54.8 Å². The number of nitrogens with zero attached hydrogens (tertiary/aromatic N) is 2. The van der Waals surface area contributed by atoms with Gasteiger partial charge in [-0.15, -0.1) is 0 Å². The molecule has 1 heterocycles. The lowest BCUT2D eigenvalue weighted by Gasteiger charge is -2.21. The number of benzene rings is 2. The normalized spacial score (nSPS) is 16.9. The third kappa shape index (κ3) is 4.16. The fraction of sp³-hybridized carbons (Fsp3) is 0.350. The lowest BCUT2D eigenvalue weighted by atomic mass is 10.1. The van der Waals surface area contributed by atoms with Crippen LogP contribution in [-0.4, -0.2) is 31.7 Å². The Kier molecular flexibility index (Phi) is 5.48. The van der Waals surface area contributed by atoms with Crippen LogP contribution in [0.15, 0.2) is 47.4 Å². The number of fused-ring (bicyclic) bond motifs is 1. The molecule has 29 heavy (non-hydrogen) atoms. The molecule has 0 N–H and O–H groups in total. The Labute approximate surface area is 167 Å². The summed E-state index contributed by atoms with van der Waals surface area (Å²) in [4.78, 5) is 13.6. The minimum absolute atomic E-state index is 0.0506. The van der Waals surface area contributed by atoms with Crippen LogP contribution in [0.25, 0.3) is 0 Å². The summed E-state index contributed by atoms with van der Waals surface area (Å²) in [6.07, 6.45) is -3.88. The predicted octanol–water partition coefficient (Wildman–Crippen LogP) is 3.82. The van der Waals surface area contributed by atoms with Gasteiger partial charge in [0.05, 0.1) is 10.5 Å². The maximum absolute atomic E-state index is 12.9. The molecule has 0 aliphatic carbocycles. The van der Waals surface area contributed by atoms with Gasteiger partial charge in [0, 0.05) is 32.2 Å². The van der Waals surface area contributed by atoms with Crippen LogP contribution in [0.2, 0.25) is 0 Å². The Morgan fingerprint density at radius 3 is 2.34 bits per heavy atom. The molecule has 0 fully saturated rings. The van der Waals surface area contributed by atoms with Crippen LogP contribution in [0.4, 0.5) is 18.9 Å². The highest BCUT2D eigenvalue weighted by Gasteiger charge is 2.32. The Hall–Kier alpha value is -2.39. The van der Waals surface area contributed by atoms with Gasteiger partial charge in [-0.3, -0.25) is 4.79 Å². The lowest BCUT2D eigenvalue weighted by molar-refractivity contribution is -0.137. The summed E-state index contributed by atoms with van der Waals surface area (Å²) in [6.45, 7) is 3.30. The smallest absolute Gasteiger partial charge is 0.309 e. The molecule has 9 heteroatoms. The fourth-order valence-corrected chi connectivity index (χ4v) is 4.78. The van der Waals surface area contributed by atoms with Gasteiger partial charge in [-0.1, -0.05) is 12.1 Å². The second-order valence-electron chi connectivity index (χ2n) is 7.19. The summed E-state index contributed by atoms with van der Waals surface area (Å²) >= 11 is 0. The van der Waals surface area contributed by atoms with Crippen molar-refractivity contribution in [2.75, 3.05) is 11.9 Å². The lowest BCUT2D eigenvalue weighted by Crippen LogP contribution is -2.33. The third-order valence-corrected chi connectivity index (χ3v) is 6.80. The van der Waals surface area contributed by atoms with Crippen molar-refractivity contribution in [2.24, 2.45) is 0 Å². The number of halogens is 3.